The molecular weight excluding hydrogens is 260 g/mol. The molecular formula is C9H9BrN4O. The SMILES string of the molecule is Cn1ncc(COc2cncc(Br)c2)n1. The molecule has 2 aromatic rings. The maximum atomic E-state index is 5.48. The van der Waals surface area contributed by atoms with Gasteiger partial charge in [0.2, 0.25) is 0 Å². The van der Waals surface area contributed by atoms with E-state index < -0.39 is 0 Å². The number of halogens is 1. The molecule has 0 saturated carbocycles. The first-order valence-electron chi connectivity index (χ1n) is 4.32. The third-order valence-corrected chi connectivity index (χ3v) is 2.15. The summed E-state index contributed by atoms with van der Waals surface area (Å²) < 4.78 is 6.37. The van der Waals surface area contributed by atoms with Crippen LogP contribution in [0.1, 0.15) is 5.69 Å². The zero-order chi connectivity index (χ0) is 10.7. The predicted octanol–water partition coefficient (Wildman–Crippen LogP) is 1.55. The molecule has 0 N–H and O–H groups in total. The summed E-state index contributed by atoms with van der Waals surface area (Å²) in [5, 5.41) is 8.04. The summed E-state index contributed by atoms with van der Waals surface area (Å²) in [6.45, 7) is 0.395. The molecule has 0 aliphatic rings. The summed E-state index contributed by atoms with van der Waals surface area (Å²) in [6.07, 6.45) is 5.03. The highest BCUT2D eigenvalue weighted by Gasteiger charge is 2.00. The Morgan fingerprint density at radius 3 is 2.93 bits per heavy atom. The van der Waals surface area contributed by atoms with Crippen molar-refractivity contribution in [3.05, 3.63) is 34.8 Å². The van der Waals surface area contributed by atoms with Crippen LogP contribution in [0, 0.1) is 0 Å². The largest absolute Gasteiger partial charge is 0.486 e. The molecule has 0 spiro atoms. The van der Waals surface area contributed by atoms with E-state index in [9.17, 15) is 0 Å². The van der Waals surface area contributed by atoms with Gasteiger partial charge in [-0.05, 0) is 22.0 Å². The molecule has 0 aliphatic heterocycles. The van der Waals surface area contributed by atoms with Crippen LogP contribution in [-0.4, -0.2) is 20.0 Å². The van der Waals surface area contributed by atoms with E-state index in [1.807, 2.05) is 6.07 Å². The van der Waals surface area contributed by atoms with Crippen LogP contribution < -0.4 is 4.74 Å². The lowest BCUT2D eigenvalue weighted by molar-refractivity contribution is 0.298. The van der Waals surface area contributed by atoms with E-state index in [2.05, 4.69) is 31.1 Å². The van der Waals surface area contributed by atoms with Gasteiger partial charge in [0.05, 0.1) is 12.4 Å². The minimum absolute atomic E-state index is 0.395. The van der Waals surface area contributed by atoms with E-state index >= 15 is 0 Å². The van der Waals surface area contributed by atoms with Crippen LogP contribution in [0.4, 0.5) is 0 Å². The number of aromatic nitrogens is 4. The molecule has 0 aromatic carbocycles. The third kappa shape index (κ3) is 2.76. The number of rotatable bonds is 3. The molecule has 0 unspecified atom stereocenters. The van der Waals surface area contributed by atoms with Crippen LogP contribution in [0.15, 0.2) is 29.1 Å². The van der Waals surface area contributed by atoms with Gasteiger partial charge < -0.3 is 4.74 Å². The second-order valence-corrected chi connectivity index (χ2v) is 3.87. The van der Waals surface area contributed by atoms with Crippen molar-refractivity contribution in [3.8, 4) is 5.75 Å². The number of ether oxygens (including phenoxy) is 1. The molecule has 0 amide bonds. The van der Waals surface area contributed by atoms with Crippen LogP contribution in [0.3, 0.4) is 0 Å². The minimum atomic E-state index is 0.395. The lowest BCUT2D eigenvalue weighted by Crippen LogP contribution is -1.98. The van der Waals surface area contributed by atoms with E-state index in [-0.39, 0.29) is 0 Å². The molecule has 15 heavy (non-hydrogen) atoms. The molecule has 0 radical (unpaired) electrons. The van der Waals surface area contributed by atoms with Gasteiger partial charge in [0.1, 0.15) is 18.1 Å². The Morgan fingerprint density at radius 1 is 1.40 bits per heavy atom. The van der Waals surface area contributed by atoms with E-state index in [1.54, 1.807) is 25.6 Å². The fraction of sp³-hybridized carbons (Fsp3) is 0.222. The van der Waals surface area contributed by atoms with Gasteiger partial charge in [-0.1, -0.05) is 0 Å². The Balaban J connectivity index is 1.99. The van der Waals surface area contributed by atoms with E-state index in [0.29, 0.717) is 12.4 Å². The van der Waals surface area contributed by atoms with Gasteiger partial charge in [-0.15, -0.1) is 0 Å². The maximum Gasteiger partial charge on any atom is 0.139 e. The van der Waals surface area contributed by atoms with Crippen LogP contribution in [-0.2, 0) is 13.7 Å². The highest BCUT2D eigenvalue weighted by atomic mass is 79.9. The van der Waals surface area contributed by atoms with Crippen molar-refractivity contribution in [1.29, 1.82) is 0 Å². The standard InChI is InChI=1S/C9H9BrN4O/c1-14-12-4-8(13-14)6-15-9-2-7(10)3-11-5-9/h2-5H,6H2,1H3. The highest BCUT2D eigenvalue weighted by molar-refractivity contribution is 9.10. The van der Waals surface area contributed by atoms with Gasteiger partial charge in [-0.25, -0.2) is 0 Å². The van der Waals surface area contributed by atoms with Crippen LogP contribution >= 0.6 is 15.9 Å². The van der Waals surface area contributed by atoms with Crippen molar-refractivity contribution < 1.29 is 4.74 Å². The van der Waals surface area contributed by atoms with Gasteiger partial charge in [-0.2, -0.15) is 15.0 Å². The summed E-state index contributed by atoms with van der Waals surface area (Å²) in [5.74, 6) is 0.704. The van der Waals surface area contributed by atoms with Crippen molar-refractivity contribution in [3.63, 3.8) is 0 Å². The van der Waals surface area contributed by atoms with Crippen molar-refractivity contribution >= 4 is 15.9 Å². The smallest absolute Gasteiger partial charge is 0.139 e. The fourth-order valence-electron chi connectivity index (χ4n) is 1.08. The van der Waals surface area contributed by atoms with E-state index in [4.69, 9.17) is 4.74 Å². The highest BCUT2D eigenvalue weighted by Crippen LogP contribution is 2.16. The van der Waals surface area contributed by atoms with Crippen LogP contribution in [0.25, 0.3) is 0 Å². The first-order valence-corrected chi connectivity index (χ1v) is 5.12. The van der Waals surface area contributed by atoms with Crippen molar-refractivity contribution in [2.45, 2.75) is 6.61 Å². The van der Waals surface area contributed by atoms with Crippen molar-refractivity contribution in [1.82, 2.24) is 20.0 Å². The summed E-state index contributed by atoms with van der Waals surface area (Å²) in [7, 11) is 1.77. The van der Waals surface area contributed by atoms with Crippen LogP contribution in [0.5, 0.6) is 5.75 Å². The van der Waals surface area contributed by atoms with Gasteiger partial charge in [-0.3, -0.25) is 4.98 Å². The zero-order valence-electron chi connectivity index (χ0n) is 8.09. The Kier molecular flexibility index (Phi) is 2.96. The molecule has 2 aromatic heterocycles. The average Bonchev–Trinajstić information content (AvgIpc) is 2.62. The first-order chi connectivity index (χ1) is 7.24. The Bertz CT molecular complexity index is 457. The first kappa shape index (κ1) is 10.1. The van der Waals surface area contributed by atoms with Gasteiger partial charge in [0.15, 0.2) is 0 Å². The lowest BCUT2D eigenvalue weighted by atomic mass is 10.4. The van der Waals surface area contributed by atoms with Crippen LogP contribution in [0.2, 0.25) is 0 Å². The third-order valence-electron chi connectivity index (χ3n) is 1.71. The minimum Gasteiger partial charge on any atom is -0.486 e. The van der Waals surface area contributed by atoms with Crippen molar-refractivity contribution in [2.75, 3.05) is 0 Å². The topological polar surface area (TPSA) is 52.8 Å². The fourth-order valence-corrected chi connectivity index (χ4v) is 1.43. The summed E-state index contributed by atoms with van der Waals surface area (Å²) in [5.41, 5.74) is 0.789. The van der Waals surface area contributed by atoms with Gasteiger partial charge >= 0.3 is 0 Å². The quantitative estimate of drug-likeness (QED) is 0.848. The second-order valence-electron chi connectivity index (χ2n) is 2.95. The van der Waals surface area contributed by atoms with Gasteiger partial charge in [0.25, 0.3) is 0 Å². The Labute approximate surface area is 95.2 Å². The van der Waals surface area contributed by atoms with E-state index in [1.165, 1.54) is 4.80 Å². The van der Waals surface area contributed by atoms with E-state index in [0.717, 1.165) is 10.2 Å². The molecule has 0 fully saturated rings. The summed E-state index contributed by atoms with van der Waals surface area (Å²) in [4.78, 5) is 5.49. The van der Waals surface area contributed by atoms with Gasteiger partial charge in [0, 0.05) is 17.7 Å². The molecule has 2 rings (SSSR count). The number of hydrogen-bond donors (Lipinski definition) is 0. The number of hydrogen-bond acceptors (Lipinski definition) is 4. The average molecular weight is 269 g/mol. The molecule has 0 atom stereocenters. The predicted molar refractivity (Wildman–Crippen MR) is 57.3 cm³/mol. The summed E-state index contributed by atoms with van der Waals surface area (Å²) >= 11 is 3.32. The number of aryl methyl sites for hydroxylation is 1. The molecule has 5 nitrogen and oxygen atoms in total. The Morgan fingerprint density at radius 2 is 2.27 bits per heavy atom. The molecule has 0 aliphatic carbocycles. The molecule has 78 valence electrons. The normalized spacial score (nSPS) is 10.3. The monoisotopic (exact) mass is 268 g/mol. The van der Waals surface area contributed by atoms with Crippen molar-refractivity contribution in [2.24, 2.45) is 7.05 Å². The zero-order valence-corrected chi connectivity index (χ0v) is 9.68. The second kappa shape index (κ2) is 4.39. The summed E-state index contributed by atoms with van der Waals surface area (Å²) in [6, 6.07) is 1.85. The lowest BCUT2D eigenvalue weighted by Gasteiger charge is -2.02. The maximum absolute atomic E-state index is 5.48. The molecule has 2 heterocycles. The molecule has 0 bridgehead atoms. The molecule has 6 heteroatoms. The number of pyridine rings is 1. The number of nitrogens with zero attached hydrogens (tertiary/aromatic N) is 4. The Hall–Kier alpha value is -1.43. The molecule has 0 saturated heterocycles.